The molecule has 2 heterocycles. The van der Waals surface area contributed by atoms with Crippen molar-refractivity contribution in [3.63, 3.8) is 0 Å². The quantitative estimate of drug-likeness (QED) is 0.859. The molecule has 1 saturated heterocycles. The topological polar surface area (TPSA) is 62.2 Å². The molecule has 1 aliphatic rings. The number of hydrogen-bond acceptors (Lipinski definition) is 4. The first-order valence-corrected chi connectivity index (χ1v) is 6.92. The third kappa shape index (κ3) is 3.36. The van der Waals surface area contributed by atoms with Gasteiger partial charge in [-0.3, -0.25) is 9.78 Å². The van der Waals surface area contributed by atoms with Crippen LogP contribution >= 0.6 is 11.8 Å². The highest BCUT2D eigenvalue weighted by Gasteiger charge is 2.16. The molecule has 1 fully saturated rings. The van der Waals surface area contributed by atoms with E-state index in [0.717, 1.165) is 12.8 Å². The van der Waals surface area contributed by atoms with Crippen molar-refractivity contribution in [1.82, 2.24) is 10.3 Å². The number of nitrogens with zero attached hydrogens (tertiary/aromatic N) is 1. The Morgan fingerprint density at radius 2 is 2.29 bits per heavy atom. The maximum Gasteiger partial charge on any atom is 0.255 e. The van der Waals surface area contributed by atoms with Crippen molar-refractivity contribution in [3.8, 4) is 5.75 Å². The molecule has 1 aromatic heterocycles. The molecule has 5 heteroatoms. The van der Waals surface area contributed by atoms with E-state index in [2.05, 4.69) is 10.3 Å². The molecule has 0 radical (unpaired) electrons. The number of aromatic nitrogens is 1. The fraction of sp³-hybridized carbons (Fsp3) is 0.500. The van der Waals surface area contributed by atoms with Gasteiger partial charge in [0, 0.05) is 12.7 Å². The fourth-order valence-electron chi connectivity index (χ4n) is 1.86. The van der Waals surface area contributed by atoms with E-state index in [1.165, 1.54) is 30.0 Å². The van der Waals surface area contributed by atoms with E-state index in [1.807, 2.05) is 11.8 Å². The van der Waals surface area contributed by atoms with Gasteiger partial charge in [0.1, 0.15) is 5.75 Å². The zero-order chi connectivity index (χ0) is 12.1. The number of carbonyl (C=O) groups excluding carboxylic acids is 1. The van der Waals surface area contributed by atoms with Crippen LogP contribution in [0.2, 0.25) is 0 Å². The van der Waals surface area contributed by atoms with Gasteiger partial charge in [-0.05, 0) is 36.3 Å². The van der Waals surface area contributed by atoms with Gasteiger partial charge in [0.05, 0.1) is 11.8 Å². The zero-order valence-corrected chi connectivity index (χ0v) is 10.4. The van der Waals surface area contributed by atoms with Crippen LogP contribution < -0.4 is 5.32 Å². The van der Waals surface area contributed by atoms with Gasteiger partial charge >= 0.3 is 0 Å². The SMILES string of the molecule is O=C(NCC1CCSCC1)c1ccncc1O. The Bertz CT molecular complexity index is 392. The van der Waals surface area contributed by atoms with Gasteiger partial charge < -0.3 is 10.4 Å². The maximum absolute atomic E-state index is 11.8. The summed E-state index contributed by atoms with van der Waals surface area (Å²) < 4.78 is 0. The van der Waals surface area contributed by atoms with Crippen molar-refractivity contribution in [2.24, 2.45) is 5.92 Å². The van der Waals surface area contributed by atoms with Gasteiger partial charge in [-0.25, -0.2) is 0 Å². The van der Waals surface area contributed by atoms with Crippen LogP contribution in [0.25, 0.3) is 0 Å². The van der Waals surface area contributed by atoms with Crippen molar-refractivity contribution < 1.29 is 9.90 Å². The third-order valence-electron chi connectivity index (χ3n) is 2.94. The first kappa shape index (κ1) is 12.2. The summed E-state index contributed by atoms with van der Waals surface area (Å²) in [6, 6.07) is 1.53. The van der Waals surface area contributed by atoms with Crippen LogP contribution in [0, 0.1) is 5.92 Å². The molecule has 1 aliphatic heterocycles. The van der Waals surface area contributed by atoms with Crippen molar-refractivity contribution in [2.45, 2.75) is 12.8 Å². The standard InChI is InChI=1S/C12H16N2O2S/c15-11-8-13-4-1-10(11)12(16)14-7-9-2-5-17-6-3-9/h1,4,8-9,15H,2-3,5-7H2,(H,14,16). The lowest BCUT2D eigenvalue weighted by atomic mass is 10.0. The van der Waals surface area contributed by atoms with E-state index < -0.39 is 0 Å². The van der Waals surface area contributed by atoms with E-state index in [9.17, 15) is 9.90 Å². The number of pyridine rings is 1. The van der Waals surface area contributed by atoms with Crippen molar-refractivity contribution in [1.29, 1.82) is 0 Å². The molecule has 2 N–H and O–H groups in total. The molecule has 0 spiro atoms. The fourth-order valence-corrected chi connectivity index (χ4v) is 3.07. The lowest BCUT2D eigenvalue weighted by Crippen LogP contribution is -2.31. The summed E-state index contributed by atoms with van der Waals surface area (Å²) in [4.78, 5) is 15.5. The second kappa shape index (κ2) is 5.91. The Kier molecular flexibility index (Phi) is 4.25. The highest BCUT2D eigenvalue weighted by atomic mass is 32.2. The van der Waals surface area contributed by atoms with E-state index >= 15 is 0 Å². The molecule has 2 rings (SSSR count). The Hall–Kier alpha value is -1.23. The highest BCUT2D eigenvalue weighted by molar-refractivity contribution is 7.99. The van der Waals surface area contributed by atoms with Gasteiger partial charge in [-0.2, -0.15) is 11.8 Å². The smallest absolute Gasteiger partial charge is 0.255 e. The minimum Gasteiger partial charge on any atom is -0.505 e. The molecular weight excluding hydrogens is 236 g/mol. The van der Waals surface area contributed by atoms with Gasteiger partial charge in [0.2, 0.25) is 0 Å². The normalized spacial score (nSPS) is 16.7. The molecule has 0 aliphatic carbocycles. The minimum atomic E-state index is -0.219. The van der Waals surface area contributed by atoms with E-state index in [0.29, 0.717) is 18.0 Å². The molecule has 1 amide bonds. The average Bonchev–Trinajstić information content (AvgIpc) is 2.38. The van der Waals surface area contributed by atoms with Crippen LogP contribution in [0.3, 0.4) is 0 Å². The molecular formula is C12H16N2O2S. The Labute approximate surface area is 105 Å². The molecule has 92 valence electrons. The number of nitrogens with one attached hydrogen (secondary N) is 1. The average molecular weight is 252 g/mol. The monoisotopic (exact) mass is 252 g/mol. The first-order valence-electron chi connectivity index (χ1n) is 5.76. The van der Waals surface area contributed by atoms with Crippen molar-refractivity contribution in [2.75, 3.05) is 18.1 Å². The summed E-state index contributed by atoms with van der Waals surface area (Å²) in [5.74, 6) is 2.65. The van der Waals surface area contributed by atoms with Crippen LogP contribution in [0.5, 0.6) is 5.75 Å². The van der Waals surface area contributed by atoms with Gasteiger partial charge in [0.15, 0.2) is 0 Å². The number of rotatable bonds is 3. The molecule has 0 unspecified atom stereocenters. The highest BCUT2D eigenvalue weighted by Crippen LogP contribution is 2.22. The van der Waals surface area contributed by atoms with E-state index in [1.54, 1.807) is 0 Å². The van der Waals surface area contributed by atoms with E-state index in [4.69, 9.17) is 0 Å². The molecule has 17 heavy (non-hydrogen) atoms. The summed E-state index contributed by atoms with van der Waals surface area (Å²) in [6.07, 6.45) is 5.11. The van der Waals surface area contributed by atoms with E-state index in [-0.39, 0.29) is 11.7 Å². The second-order valence-corrected chi connectivity index (χ2v) is 5.38. The Morgan fingerprint density at radius 1 is 1.53 bits per heavy atom. The lowest BCUT2D eigenvalue weighted by molar-refractivity contribution is 0.0943. The Morgan fingerprint density at radius 3 is 3.00 bits per heavy atom. The van der Waals surface area contributed by atoms with Gasteiger partial charge in [-0.15, -0.1) is 0 Å². The summed E-state index contributed by atoms with van der Waals surface area (Å²) in [7, 11) is 0. The molecule has 4 nitrogen and oxygen atoms in total. The summed E-state index contributed by atoms with van der Waals surface area (Å²) in [5, 5.41) is 12.4. The maximum atomic E-state index is 11.8. The Balaban J connectivity index is 1.87. The second-order valence-electron chi connectivity index (χ2n) is 4.16. The predicted molar refractivity (Wildman–Crippen MR) is 68.3 cm³/mol. The first-order chi connectivity index (χ1) is 8.27. The van der Waals surface area contributed by atoms with Crippen LogP contribution in [-0.2, 0) is 0 Å². The van der Waals surface area contributed by atoms with Crippen LogP contribution in [0.1, 0.15) is 23.2 Å². The van der Waals surface area contributed by atoms with Crippen molar-refractivity contribution >= 4 is 17.7 Å². The number of aromatic hydroxyl groups is 1. The third-order valence-corrected chi connectivity index (χ3v) is 3.99. The molecule has 0 saturated carbocycles. The molecule has 0 bridgehead atoms. The zero-order valence-electron chi connectivity index (χ0n) is 9.56. The number of carbonyl (C=O) groups is 1. The number of hydrogen-bond donors (Lipinski definition) is 2. The van der Waals surface area contributed by atoms with Crippen LogP contribution in [-0.4, -0.2) is 34.0 Å². The van der Waals surface area contributed by atoms with Crippen LogP contribution in [0.4, 0.5) is 0 Å². The molecule has 0 aromatic carbocycles. The predicted octanol–water partition coefficient (Wildman–Crippen LogP) is 1.66. The number of amides is 1. The van der Waals surface area contributed by atoms with Crippen LogP contribution in [0.15, 0.2) is 18.5 Å². The summed E-state index contributed by atoms with van der Waals surface area (Å²) in [6.45, 7) is 0.696. The number of thioether (sulfide) groups is 1. The van der Waals surface area contributed by atoms with Crippen molar-refractivity contribution in [3.05, 3.63) is 24.0 Å². The summed E-state index contributed by atoms with van der Waals surface area (Å²) >= 11 is 1.97. The lowest BCUT2D eigenvalue weighted by Gasteiger charge is -2.21. The van der Waals surface area contributed by atoms with Gasteiger partial charge in [-0.1, -0.05) is 0 Å². The summed E-state index contributed by atoms with van der Waals surface area (Å²) in [5.41, 5.74) is 0.296. The largest absolute Gasteiger partial charge is 0.505 e. The minimum absolute atomic E-state index is 0.0656. The molecule has 0 atom stereocenters. The van der Waals surface area contributed by atoms with Gasteiger partial charge in [0.25, 0.3) is 5.91 Å². The molecule has 1 aromatic rings.